The molecule has 0 N–H and O–H groups in total. The number of methoxy groups -OCH3 is 1. The maximum absolute atomic E-state index is 13.5. The van der Waals surface area contributed by atoms with Gasteiger partial charge in [-0.1, -0.05) is 0 Å². The molecular formula is C11H14F3NO3S. The molecule has 0 fully saturated rings. The van der Waals surface area contributed by atoms with Crippen LogP contribution < -0.4 is 0 Å². The Morgan fingerprint density at radius 2 is 1.84 bits per heavy atom. The fraction of sp³-hybridized carbons (Fsp3) is 0.455. The summed E-state index contributed by atoms with van der Waals surface area (Å²) < 4.78 is 68.8. The summed E-state index contributed by atoms with van der Waals surface area (Å²) in [6.07, 6.45) is 0.400. The first-order valence-electron chi connectivity index (χ1n) is 5.41. The van der Waals surface area contributed by atoms with Crippen LogP contribution in [0.2, 0.25) is 0 Å². The van der Waals surface area contributed by atoms with Gasteiger partial charge < -0.3 is 4.74 Å². The standard InChI is InChI=1S/C11H14F3NO3S/c1-15(6-3-7-18-2)19(16,17)9-5-4-8(12)10(13)11(9)14/h4-5H,3,6-7H2,1-2H3. The third-order valence-corrected chi connectivity index (χ3v) is 4.38. The molecule has 0 amide bonds. The normalized spacial score (nSPS) is 12.1. The topological polar surface area (TPSA) is 46.6 Å². The number of hydrogen-bond donors (Lipinski definition) is 0. The van der Waals surface area contributed by atoms with E-state index in [2.05, 4.69) is 0 Å². The van der Waals surface area contributed by atoms with E-state index < -0.39 is 32.4 Å². The third kappa shape index (κ3) is 3.46. The molecular weight excluding hydrogens is 283 g/mol. The lowest BCUT2D eigenvalue weighted by molar-refractivity contribution is 0.189. The summed E-state index contributed by atoms with van der Waals surface area (Å²) in [4.78, 5) is -0.883. The second-order valence-corrected chi connectivity index (χ2v) is 5.86. The fourth-order valence-electron chi connectivity index (χ4n) is 1.43. The van der Waals surface area contributed by atoms with Crippen LogP contribution in [0.5, 0.6) is 0 Å². The summed E-state index contributed by atoms with van der Waals surface area (Å²) in [6.45, 7) is 0.411. The molecule has 0 saturated carbocycles. The van der Waals surface area contributed by atoms with Gasteiger partial charge >= 0.3 is 0 Å². The van der Waals surface area contributed by atoms with E-state index in [0.29, 0.717) is 25.2 Å². The van der Waals surface area contributed by atoms with Crippen LogP contribution in [0, 0.1) is 17.5 Å². The highest BCUT2D eigenvalue weighted by Crippen LogP contribution is 2.22. The predicted molar refractivity (Wildman–Crippen MR) is 62.6 cm³/mol. The van der Waals surface area contributed by atoms with Gasteiger partial charge in [0.15, 0.2) is 17.5 Å². The summed E-state index contributed by atoms with van der Waals surface area (Å²) >= 11 is 0. The van der Waals surface area contributed by atoms with Gasteiger partial charge in [0, 0.05) is 27.3 Å². The van der Waals surface area contributed by atoms with Gasteiger partial charge in [-0.15, -0.1) is 0 Å². The van der Waals surface area contributed by atoms with E-state index in [-0.39, 0.29) is 6.54 Å². The van der Waals surface area contributed by atoms with Crippen molar-refractivity contribution >= 4 is 10.0 Å². The Morgan fingerprint density at radius 3 is 2.42 bits per heavy atom. The Balaban J connectivity index is 3.04. The van der Waals surface area contributed by atoms with E-state index in [1.807, 2.05) is 0 Å². The first-order valence-corrected chi connectivity index (χ1v) is 6.85. The zero-order valence-electron chi connectivity index (χ0n) is 10.5. The highest BCUT2D eigenvalue weighted by Gasteiger charge is 2.27. The Hall–Kier alpha value is -1.12. The molecule has 0 aliphatic heterocycles. The molecule has 8 heteroatoms. The number of benzene rings is 1. The van der Waals surface area contributed by atoms with E-state index in [9.17, 15) is 21.6 Å². The van der Waals surface area contributed by atoms with Gasteiger partial charge in [-0.05, 0) is 18.6 Å². The Morgan fingerprint density at radius 1 is 1.21 bits per heavy atom. The molecule has 0 aromatic heterocycles. The zero-order valence-corrected chi connectivity index (χ0v) is 11.3. The lowest BCUT2D eigenvalue weighted by Crippen LogP contribution is -2.29. The molecule has 0 unspecified atom stereocenters. The predicted octanol–water partition coefficient (Wildman–Crippen LogP) is 1.76. The molecule has 0 atom stereocenters. The number of rotatable bonds is 6. The smallest absolute Gasteiger partial charge is 0.245 e. The maximum atomic E-state index is 13.5. The van der Waals surface area contributed by atoms with Crippen molar-refractivity contribution in [2.24, 2.45) is 0 Å². The average molecular weight is 297 g/mol. The minimum Gasteiger partial charge on any atom is -0.385 e. The summed E-state index contributed by atoms with van der Waals surface area (Å²) in [5.74, 6) is -4.94. The molecule has 1 rings (SSSR count). The van der Waals surface area contributed by atoms with Crippen molar-refractivity contribution in [1.82, 2.24) is 4.31 Å². The lowest BCUT2D eigenvalue weighted by atomic mass is 10.3. The second-order valence-electron chi connectivity index (χ2n) is 3.85. The van der Waals surface area contributed by atoms with Crippen LogP contribution in [0.3, 0.4) is 0 Å². The van der Waals surface area contributed by atoms with Crippen molar-refractivity contribution < 1.29 is 26.3 Å². The quantitative estimate of drug-likeness (QED) is 0.594. The van der Waals surface area contributed by atoms with Crippen molar-refractivity contribution in [3.05, 3.63) is 29.6 Å². The van der Waals surface area contributed by atoms with Crippen molar-refractivity contribution in [2.45, 2.75) is 11.3 Å². The van der Waals surface area contributed by atoms with Gasteiger partial charge in [0.2, 0.25) is 10.0 Å². The molecule has 0 saturated heterocycles. The Bertz CT molecular complexity index is 548. The van der Waals surface area contributed by atoms with E-state index in [0.717, 1.165) is 4.31 Å². The zero-order chi connectivity index (χ0) is 14.6. The molecule has 0 radical (unpaired) electrons. The third-order valence-electron chi connectivity index (χ3n) is 2.51. The average Bonchev–Trinajstić information content (AvgIpc) is 2.35. The maximum Gasteiger partial charge on any atom is 0.245 e. The molecule has 4 nitrogen and oxygen atoms in total. The van der Waals surface area contributed by atoms with Crippen LogP contribution in [0.25, 0.3) is 0 Å². The molecule has 1 aromatic carbocycles. The van der Waals surface area contributed by atoms with Crippen LogP contribution in [0.4, 0.5) is 13.2 Å². The van der Waals surface area contributed by atoms with Crippen molar-refractivity contribution in [3.63, 3.8) is 0 Å². The molecule has 0 spiro atoms. The number of ether oxygens (including phenoxy) is 1. The van der Waals surface area contributed by atoms with Crippen LogP contribution >= 0.6 is 0 Å². The lowest BCUT2D eigenvalue weighted by Gasteiger charge is -2.17. The molecule has 0 bridgehead atoms. The molecule has 1 aromatic rings. The van der Waals surface area contributed by atoms with Crippen LogP contribution in [0.1, 0.15) is 6.42 Å². The molecule has 19 heavy (non-hydrogen) atoms. The van der Waals surface area contributed by atoms with Gasteiger partial charge in [0.05, 0.1) is 0 Å². The van der Waals surface area contributed by atoms with Crippen LogP contribution in [0.15, 0.2) is 17.0 Å². The summed E-state index contributed by atoms with van der Waals surface area (Å²) in [7, 11) is -1.50. The summed E-state index contributed by atoms with van der Waals surface area (Å²) in [6, 6.07) is 1.28. The fourth-order valence-corrected chi connectivity index (χ4v) is 2.69. The first-order chi connectivity index (χ1) is 8.82. The molecule has 0 aliphatic rings. The van der Waals surface area contributed by atoms with E-state index in [4.69, 9.17) is 4.74 Å². The Kier molecular flexibility index (Phi) is 5.33. The van der Waals surface area contributed by atoms with Crippen molar-refractivity contribution in [1.29, 1.82) is 0 Å². The molecule has 0 heterocycles. The minimum atomic E-state index is -4.19. The molecule has 108 valence electrons. The van der Waals surface area contributed by atoms with Crippen molar-refractivity contribution in [3.8, 4) is 0 Å². The Labute approximate surface area is 109 Å². The number of sulfonamides is 1. The highest BCUT2D eigenvalue weighted by molar-refractivity contribution is 7.89. The van der Waals surface area contributed by atoms with Gasteiger partial charge in [0.1, 0.15) is 4.90 Å². The highest BCUT2D eigenvalue weighted by atomic mass is 32.2. The monoisotopic (exact) mass is 297 g/mol. The van der Waals surface area contributed by atoms with Gasteiger partial charge in [-0.25, -0.2) is 25.9 Å². The summed E-state index contributed by atoms with van der Waals surface area (Å²) in [5, 5.41) is 0. The van der Waals surface area contributed by atoms with Crippen LogP contribution in [-0.2, 0) is 14.8 Å². The van der Waals surface area contributed by atoms with Gasteiger partial charge in [-0.2, -0.15) is 0 Å². The summed E-state index contributed by atoms with van der Waals surface area (Å²) in [5.41, 5.74) is 0. The van der Waals surface area contributed by atoms with Crippen molar-refractivity contribution in [2.75, 3.05) is 27.3 Å². The van der Waals surface area contributed by atoms with Crippen LogP contribution in [-0.4, -0.2) is 40.0 Å². The van der Waals surface area contributed by atoms with E-state index in [1.165, 1.54) is 14.2 Å². The number of nitrogens with zero attached hydrogens (tertiary/aromatic N) is 1. The van der Waals surface area contributed by atoms with Gasteiger partial charge in [0.25, 0.3) is 0 Å². The molecule has 0 aliphatic carbocycles. The SMILES string of the molecule is COCCCN(C)S(=O)(=O)c1ccc(F)c(F)c1F. The van der Waals surface area contributed by atoms with E-state index >= 15 is 0 Å². The van der Waals surface area contributed by atoms with Gasteiger partial charge in [-0.3, -0.25) is 0 Å². The first kappa shape index (κ1) is 15.9. The number of halogens is 3. The second kappa shape index (κ2) is 6.36. The number of hydrogen-bond acceptors (Lipinski definition) is 3. The van der Waals surface area contributed by atoms with E-state index in [1.54, 1.807) is 0 Å². The largest absolute Gasteiger partial charge is 0.385 e. The minimum absolute atomic E-state index is 0.0780.